The van der Waals surface area contributed by atoms with Crippen LogP contribution < -0.4 is 11.3 Å². The average molecular weight is 255 g/mol. The van der Waals surface area contributed by atoms with E-state index in [1.54, 1.807) is 11.3 Å². The molecule has 1 aromatic heterocycles. The smallest absolute Gasteiger partial charge is 0.0731 e. The van der Waals surface area contributed by atoms with Crippen molar-refractivity contribution in [2.75, 3.05) is 26.3 Å². The van der Waals surface area contributed by atoms with Crippen LogP contribution in [-0.2, 0) is 4.74 Å². The lowest BCUT2D eigenvalue weighted by Crippen LogP contribution is -2.57. The van der Waals surface area contributed by atoms with Crippen molar-refractivity contribution in [2.45, 2.75) is 25.4 Å². The second-order valence-corrected chi connectivity index (χ2v) is 5.85. The molecule has 1 fully saturated rings. The fraction of sp³-hybridized carbons (Fsp3) is 0.667. The number of ether oxygens (including phenoxy) is 1. The SMILES string of the molecule is CC(C)(C(NN)c1cccs1)N1CCOCC1. The normalized spacial score (nSPS) is 20.4. The van der Waals surface area contributed by atoms with Gasteiger partial charge in [0.15, 0.2) is 0 Å². The monoisotopic (exact) mass is 255 g/mol. The second kappa shape index (κ2) is 5.46. The average Bonchev–Trinajstić information content (AvgIpc) is 2.84. The summed E-state index contributed by atoms with van der Waals surface area (Å²) in [5.41, 5.74) is 2.96. The molecule has 0 aliphatic carbocycles. The van der Waals surface area contributed by atoms with Crippen molar-refractivity contribution in [3.05, 3.63) is 22.4 Å². The predicted molar refractivity (Wildman–Crippen MR) is 70.9 cm³/mol. The van der Waals surface area contributed by atoms with Crippen LogP contribution in [0.25, 0.3) is 0 Å². The summed E-state index contributed by atoms with van der Waals surface area (Å²) >= 11 is 1.75. The Bertz CT molecular complexity index is 334. The van der Waals surface area contributed by atoms with Gasteiger partial charge in [-0.3, -0.25) is 16.2 Å². The fourth-order valence-electron chi connectivity index (χ4n) is 2.41. The van der Waals surface area contributed by atoms with Gasteiger partial charge in [-0.1, -0.05) is 6.07 Å². The highest BCUT2D eigenvalue weighted by Crippen LogP contribution is 2.33. The maximum atomic E-state index is 5.76. The molecule has 4 nitrogen and oxygen atoms in total. The second-order valence-electron chi connectivity index (χ2n) is 4.87. The van der Waals surface area contributed by atoms with Crippen LogP contribution in [0.15, 0.2) is 17.5 Å². The quantitative estimate of drug-likeness (QED) is 0.630. The molecule has 2 rings (SSSR count). The molecule has 5 heteroatoms. The van der Waals surface area contributed by atoms with Crippen molar-refractivity contribution in [2.24, 2.45) is 5.84 Å². The summed E-state index contributed by atoms with van der Waals surface area (Å²) in [6, 6.07) is 4.36. The molecule has 1 saturated heterocycles. The summed E-state index contributed by atoms with van der Waals surface area (Å²) in [5.74, 6) is 5.76. The standard InChI is InChI=1S/C12H21N3OS/c1-12(2,15-5-7-16-8-6-15)11(14-13)10-4-3-9-17-10/h3-4,9,11,14H,5-8,13H2,1-2H3. The maximum absolute atomic E-state index is 5.76. The Hall–Kier alpha value is -0.460. The van der Waals surface area contributed by atoms with Crippen molar-refractivity contribution in [1.82, 2.24) is 10.3 Å². The molecule has 0 bridgehead atoms. The van der Waals surface area contributed by atoms with E-state index in [9.17, 15) is 0 Å². The molecule has 1 atom stereocenters. The fourth-order valence-corrected chi connectivity index (χ4v) is 3.38. The first-order valence-corrected chi connectivity index (χ1v) is 6.86. The summed E-state index contributed by atoms with van der Waals surface area (Å²) in [4.78, 5) is 3.73. The lowest BCUT2D eigenvalue weighted by atomic mass is 9.91. The number of thiophene rings is 1. The molecule has 17 heavy (non-hydrogen) atoms. The number of nitrogens with one attached hydrogen (secondary N) is 1. The molecule has 0 spiro atoms. The zero-order valence-electron chi connectivity index (χ0n) is 10.5. The molecule has 0 saturated carbocycles. The third kappa shape index (κ3) is 2.69. The van der Waals surface area contributed by atoms with Crippen LogP contribution in [0.3, 0.4) is 0 Å². The summed E-state index contributed by atoms with van der Waals surface area (Å²) < 4.78 is 5.41. The maximum Gasteiger partial charge on any atom is 0.0731 e. The third-order valence-electron chi connectivity index (χ3n) is 3.53. The number of nitrogens with zero attached hydrogens (tertiary/aromatic N) is 1. The number of morpholine rings is 1. The Morgan fingerprint density at radius 3 is 2.71 bits per heavy atom. The molecule has 0 radical (unpaired) electrons. The van der Waals surface area contributed by atoms with Gasteiger partial charge in [0.05, 0.1) is 19.3 Å². The molecule has 3 N–H and O–H groups in total. The van der Waals surface area contributed by atoms with Gasteiger partial charge < -0.3 is 4.74 Å². The molecule has 0 amide bonds. The first kappa shape index (κ1) is 13.0. The minimum absolute atomic E-state index is 0.0105. The van der Waals surface area contributed by atoms with Crippen molar-refractivity contribution < 1.29 is 4.74 Å². The molecule has 2 heterocycles. The van der Waals surface area contributed by atoms with Crippen molar-refractivity contribution in [3.63, 3.8) is 0 Å². The van der Waals surface area contributed by atoms with Crippen molar-refractivity contribution in [3.8, 4) is 0 Å². The van der Waals surface area contributed by atoms with Crippen LogP contribution in [0.1, 0.15) is 24.8 Å². The minimum atomic E-state index is -0.0105. The van der Waals surface area contributed by atoms with Gasteiger partial charge in [-0.05, 0) is 25.3 Å². The van der Waals surface area contributed by atoms with Crippen LogP contribution in [-0.4, -0.2) is 36.7 Å². The van der Waals surface area contributed by atoms with E-state index >= 15 is 0 Å². The van der Waals surface area contributed by atoms with E-state index in [4.69, 9.17) is 10.6 Å². The third-order valence-corrected chi connectivity index (χ3v) is 4.46. The van der Waals surface area contributed by atoms with Crippen molar-refractivity contribution in [1.29, 1.82) is 0 Å². The van der Waals surface area contributed by atoms with Crippen LogP contribution in [0.2, 0.25) is 0 Å². The van der Waals surface area contributed by atoms with Gasteiger partial charge in [0.1, 0.15) is 0 Å². The summed E-state index contributed by atoms with van der Waals surface area (Å²) in [7, 11) is 0. The number of rotatable bonds is 4. The Morgan fingerprint density at radius 1 is 1.47 bits per heavy atom. The predicted octanol–water partition coefficient (Wildman–Crippen LogP) is 1.36. The summed E-state index contributed by atoms with van der Waals surface area (Å²) in [6.45, 7) is 8.04. The molecule has 1 unspecified atom stereocenters. The first-order valence-electron chi connectivity index (χ1n) is 5.98. The van der Waals surface area contributed by atoms with Crippen LogP contribution >= 0.6 is 11.3 Å². The Labute approximate surface area is 107 Å². The highest BCUT2D eigenvalue weighted by Gasteiger charge is 2.37. The van der Waals surface area contributed by atoms with E-state index in [0.717, 1.165) is 26.3 Å². The van der Waals surface area contributed by atoms with E-state index in [1.165, 1.54) is 4.88 Å². The van der Waals surface area contributed by atoms with Gasteiger partial charge in [-0.25, -0.2) is 0 Å². The van der Waals surface area contributed by atoms with Crippen LogP contribution in [0, 0.1) is 0 Å². The van der Waals surface area contributed by atoms with Gasteiger partial charge in [0.25, 0.3) is 0 Å². The zero-order chi connectivity index (χ0) is 12.3. The molecule has 0 aromatic carbocycles. The Balaban J connectivity index is 2.16. The molecule has 1 aliphatic rings. The number of hydrazine groups is 1. The van der Waals surface area contributed by atoms with E-state index in [1.807, 2.05) is 0 Å². The topological polar surface area (TPSA) is 50.5 Å². The number of nitrogens with two attached hydrogens (primary N) is 1. The van der Waals surface area contributed by atoms with Gasteiger partial charge in [-0.2, -0.15) is 0 Å². The molecule has 1 aromatic rings. The van der Waals surface area contributed by atoms with E-state index in [2.05, 4.69) is 41.7 Å². The highest BCUT2D eigenvalue weighted by atomic mass is 32.1. The van der Waals surface area contributed by atoms with E-state index < -0.39 is 0 Å². The number of hydrogen-bond acceptors (Lipinski definition) is 5. The van der Waals surface area contributed by atoms with Gasteiger partial charge >= 0.3 is 0 Å². The van der Waals surface area contributed by atoms with Gasteiger partial charge in [-0.15, -0.1) is 11.3 Å². The minimum Gasteiger partial charge on any atom is -0.379 e. The summed E-state index contributed by atoms with van der Waals surface area (Å²) in [5, 5.41) is 2.09. The van der Waals surface area contributed by atoms with Gasteiger partial charge in [0.2, 0.25) is 0 Å². The molecule has 1 aliphatic heterocycles. The highest BCUT2D eigenvalue weighted by molar-refractivity contribution is 7.10. The Kier molecular flexibility index (Phi) is 4.17. The van der Waals surface area contributed by atoms with Crippen molar-refractivity contribution >= 4 is 11.3 Å². The molecular weight excluding hydrogens is 234 g/mol. The molecular formula is C12H21N3OS. The van der Waals surface area contributed by atoms with Crippen LogP contribution in [0.5, 0.6) is 0 Å². The summed E-state index contributed by atoms with van der Waals surface area (Å²) in [6.07, 6.45) is 0. The molecule has 96 valence electrons. The zero-order valence-corrected chi connectivity index (χ0v) is 11.3. The largest absolute Gasteiger partial charge is 0.379 e. The number of hydrogen-bond donors (Lipinski definition) is 2. The van der Waals surface area contributed by atoms with Crippen LogP contribution in [0.4, 0.5) is 0 Å². The van der Waals surface area contributed by atoms with Gasteiger partial charge in [0, 0.05) is 23.5 Å². The Morgan fingerprint density at radius 2 is 2.18 bits per heavy atom. The lowest BCUT2D eigenvalue weighted by molar-refractivity contribution is -0.0234. The lowest BCUT2D eigenvalue weighted by Gasteiger charge is -2.45. The first-order chi connectivity index (χ1) is 8.16. The van der Waals surface area contributed by atoms with E-state index in [-0.39, 0.29) is 11.6 Å². The van der Waals surface area contributed by atoms with E-state index in [0.29, 0.717) is 0 Å².